The van der Waals surface area contributed by atoms with Crippen LogP contribution in [0.3, 0.4) is 0 Å². The molecule has 1 unspecified atom stereocenters. The maximum Gasteiger partial charge on any atom is 0.265 e. The van der Waals surface area contributed by atoms with E-state index in [9.17, 15) is 4.79 Å². The first kappa shape index (κ1) is 17.3. The van der Waals surface area contributed by atoms with Crippen LogP contribution in [0, 0.1) is 0 Å². The molecule has 0 spiro atoms. The molecule has 4 nitrogen and oxygen atoms in total. The number of hydrogen-bond acceptors (Lipinski definition) is 3. The number of anilines is 1. The van der Waals surface area contributed by atoms with Crippen LogP contribution in [-0.4, -0.2) is 19.1 Å². The smallest absolute Gasteiger partial charge is 0.265 e. The molecule has 0 heterocycles. The molecule has 2 aromatic rings. The second kappa shape index (κ2) is 8.02. The summed E-state index contributed by atoms with van der Waals surface area (Å²) in [5, 5.41) is 2.87. The molecule has 0 fully saturated rings. The highest BCUT2D eigenvalue weighted by atomic mass is 79.9. The van der Waals surface area contributed by atoms with Gasteiger partial charge in [0, 0.05) is 4.47 Å². The number of carbonyl (C=O) groups is 1. The molecule has 1 N–H and O–H groups in total. The van der Waals surface area contributed by atoms with Crippen molar-refractivity contribution < 1.29 is 14.3 Å². The number of amides is 1. The number of benzene rings is 2. The summed E-state index contributed by atoms with van der Waals surface area (Å²) in [5.41, 5.74) is 1.94. The van der Waals surface area contributed by atoms with Gasteiger partial charge in [0.05, 0.1) is 12.8 Å². The molecule has 0 saturated heterocycles. The van der Waals surface area contributed by atoms with E-state index in [1.165, 1.54) is 5.56 Å². The van der Waals surface area contributed by atoms with Crippen LogP contribution in [0.1, 0.15) is 19.4 Å². The average molecular weight is 378 g/mol. The van der Waals surface area contributed by atoms with Gasteiger partial charge >= 0.3 is 0 Å². The Morgan fingerprint density at radius 3 is 2.39 bits per heavy atom. The highest BCUT2D eigenvalue weighted by Gasteiger charge is 2.16. The fourth-order valence-electron chi connectivity index (χ4n) is 2.03. The van der Waals surface area contributed by atoms with Gasteiger partial charge in [-0.3, -0.25) is 4.79 Å². The van der Waals surface area contributed by atoms with Gasteiger partial charge in [0.15, 0.2) is 6.10 Å². The molecule has 2 rings (SSSR count). The monoisotopic (exact) mass is 377 g/mol. The minimum atomic E-state index is -0.610. The Balaban J connectivity index is 1.99. The average Bonchev–Trinajstić information content (AvgIpc) is 2.57. The van der Waals surface area contributed by atoms with Crippen LogP contribution >= 0.6 is 15.9 Å². The predicted molar refractivity (Wildman–Crippen MR) is 95.2 cm³/mol. The molecule has 2 aromatic carbocycles. The third kappa shape index (κ3) is 4.73. The summed E-state index contributed by atoms with van der Waals surface area (Å²) in [6.07, 6.45) is 0.338. The maximum absolute atomic E-state index is 12.3. The molecule has 1 atom stereocenters. The summed E-state index contributed by atoms with van der Waals surface area (Å²) < 4.78 is 11.6. The predicted octanol–water partition coefficient (Wildman–Crippen LogP) is 4.43. The topological polar surface area (TPSA) is 47.6 Å². The van der Waals surface area contributed by atoms with Crippen molar-refractivity contribution in [2.75, 3.05) is 12.4 Å². The number of aryl methyl sites for hydroxylation is 1. The van der Waals surface area contributed by atoms with Gasteiger partial charge in [-0.05, 0) is 71.2 Å². The van der Waals surface area contributed by atoms with Crippen molar-refractivity contribution in [2.45, 2.75) is 26.4 Å². The highest BCUT2D eigenvalue weighted by molar-refractivity contribution is 9.10. The fourth-order valence-corrected chi connectivity index (χ4v) is 2.55. The van der Waals surface area contributed by atoms with E-state index in [0.717, 1.165) is 22.3 Å². The van der Waals surface area contributed by atoms with Crippen LogP contribution in [0.2, 0.25) is 0 Å². The van der Waals surface area contributed by atoms with E-state index in [1.54, 1.807) is 38.3 Å². The van der Waals surface area contributed by atoms with Crippen molar-refractivity contribution in [3.05, 3.63) is 52.5 Å². The summed E-state index contributed by atoms with van der Waals surface area (Å²) in [6, 6.07) is 13.0. The number of carbonyl (C=O) groups excluding carboxylic acids is 1. The first-order valence-electron chi connectivity index (χ1n) is 7.43. The first-order valence-corrected chi connectivity index (χ1v) is 8.22. The van der Waals surface area contributed by atoms with Gasteiger partial charge in [-0.2, -0.15) is 0 Å². The molecule has 0 radical (unpaired) electrons. The summed E-state index contributed by atoms with van der Waals surface area (Å²) in [6.45, 7) is 3.80. The van der Waals surface area contributed by atoms with Crippen molar-refractivity contribution in [1.29, 1.82) is 0 Å². The summed E-state index contributed by atoms with van der Waals surface area (Å²) in [7, 11) is 1.60. The zero-order valence-electron chi connectivity index (χ0n) is 13.4. The Hall–Kier alpha value is -2.01. The van der Waals surface area contributed by atoms with Crippen LogP contribution < -0.4 is 14.8 Å². The zero-order valence-corrected chi connectivity index (χ0v) is 15.0. The van der Waals surface area contributed by atoms with E-state index in [1.807, 2.05) is 18.2 Å². The normalized spacial score (nSPS) is 11.7. The lowest BCUT2D eigenvalue weighted by atomic mass is 10.1. The second-order valence-corrected chi connectivity index (χ2v) is 5.95. The van der Waals surface area contributed by atoms with Crippen molar-refractivity contribution in [3.63, 3.8) is 0 Å². The number of halogens is 1. The molecule has 0 aliphatic rings. The molecule has 0 saturated carbocycles. The number of hydrogen-bond donors (Lipinski definition) is 1. The number of methoxy groups -OCH3 is 1. The molecule has 1 amide bonds. The SMILES string of the molecule is CCc1ccc(NC(=O)C(C)Oc2ccc(OC)cc2)c(Br)c1. The standard InChI is InChI=1S/C18H20BrNO3/c1-4-13-5-10-17(16(19)11-13)20-18(21)12(2)23-15-8-6-14(22-3)7-9-15/h5-12H,4H2,1-3H3,(H,20,21). The summed E-state index contributed by atoms with van der Waals surface area (Å²) in [5.74, 6) is 1.16. The van der Waals surface area contributed by atoms with Crippen LogP contribution in [0.4, 0.5) is 5.69 Å². The second-order valence-electron chi connectivity index (χ2n) is 5.09. The van der Waals surface area contributed by atoms with Gasteiger partial charge < -0.3 is 14.8 Å². The molecular formula is C18H20BrNO3. The molecule has 0 bridgehead atoms. The van der Waals surface area contributed by atoms with Crippen molar-refractivity contribution >= 4 is 27.5 Å². The third-order valence-corrected chi connectivity index (χ3v) is 4.10. The largest absolute Gasteiger partial charge is 0.497 e. The van der Waals surface area contributed by atoms with Crippen LogP contribution in [0.5, 0.6) is 11.5 Å². The quantitative estimate of drug-likeness (QED) is 0.809. The Labute approximate surface area is 144 Å². The lowest BCUT2D eigenvalue weighted by Crippen LogP contribution is -2.30. The minimum absolute atomic E-state index is 0.203. The molecule has 5 heteroatoms. The Morgan fingerprint density at radius 1 is 1.17 bits per heavy atom. The molecule has 0 aliphatic carbocycles. The zero-order chi connectivity index (χ0) is 16.8. The van der Waals surface area contributed by atoms with Crippen molar-refractivity contribution in [3.8, 4) is 11.5 Å². The Bertz CT molecular complexity index is 670. The number of nitrogens with one attached hydrogen (secondary N) is 1. The van der Waals surface area contributed by atoms with Gasteiger partial charge in [-0.1, -0.05) is 13.0 Å². The van der Waals surface area contributed by atoms with Gasteiger partial charge in [0.25, 0.3) is 5.91 Å². The first-order chi connectivity index (χ1) is 11.0. The third-order valence-electron chi connectivity index (χ3n) is 3.44. The molecular weight excluding hydrogens is 358 g/mol. The fraction of sp³-hybridized carbons (Fsp3) is 0.278. The molecule has 0 aliphatic heterocycles. The Morgan fingerprint density at radius 2 is 1.83 bits per heavy atom. The highest BCUT2D eigenvalue weighted by Crippen LogP contribution is 2.24. The van der Waals surface area contributed by atoms with Gasteiger partial charge in [0.1, 0.15) is 11.5 Å². The van der Waals surface area contributed by atoms with Gasteiger partial charge in [-0.15, -0.1) is 0 Å². The van der Waals surface area contributed by atoms with E-state index in [0.29, 0.717) is 5.75 Å². The summed E-state index contributed by atoms with van der Waals surface area (Å²) >= 11 is 3.48. The van der Waals surface area contributed by atoms with E-state index in [4.69, 9.17) is 9.47 Å². The molecule has 122 valence electrons. The van der Waals surface area contributed by atoms with E-state index in [-0.39, 0.29) is 5.91 Å². The lowest BCUT2D eigenvalue weighted by Gasteiger charge is -2.16. The minimum Gasteiger partial charge on any atom is -0.497 e. The van der Waals surface area contributed by atoms with E-state index in [2.05, 4.69) is 28.2 Å². The van der Waals surface area contributed by atoms with Crippen LogP contribution in [0.25, 0.3) is 0 Å². The maximum atomic E-state index is 12.3. The lowest BCUT2D eigenvalue weighted by molar-refractivity contribution is -0.122. The summed E-state index contributed by atoms with van der Waals surface area (Å²) in [4.78, 5) is 12.3. The van der Waals surface area contributed by atoms with Gasteiger partial charge in [-0.25, -0.2) is 0 Å². The molecule has 23 heavy (non-hydrogen) atoms. The van der Waals surface area contributed by atoms with E-state index >= 15 is 0 Å². The van der Waals surface area contributed by atoms with Crippen molar-refractivity contribution in [2.24, 2.45) is 0 Å². The number of rotatable bonds is 6. The Kier molecular flexibility index (Phi) is 6.04. The van der Waals surface area contributed by atoms with Crippen molar-refractivity contribution in [1.82, 2.24) is 0 Å². The van der Waals surface area contributed by atoms with E-state index < -0.39 is 6.10 Å². The van der Waals surface area contributed by atoms with Gasteiger partial charge in [0.2, 0.25) is 0 Å². The number of ether oxygens (including phenoxy) is 2. The molecule has 0 aromatic heterocycles. The van der Waals surface area contributed by atoms with Crippen LogP contribution in [0.15, 0.2) is 46.9 Å². The van der Waals surface area contributed by atoms with Crippen LogP contribution in [-0.2, 0) is 11.2 Å².